The lowest BCUT2D eigenvalue weighted by molar-refractivity contribution is 0.574. The number of nitrogens with zero attached hydrogens (tertiary/aromatic N) is 3. The molecule has 1 fully saturated rings. The van der Waals surface area contributed by atoms with Crippen molar-refractivity contribution >= 4 is 43.3 Å². The van der Waals surface area contributed by atoms with Gasteiger partial charge in [0.2, 0.25) is 0 Å². The van der Waals surface area contributed by atoms with Crippen LogP contribution in [0.15, 0.2) is 35.1 Å². The summed E-state index contributed by atoms with van der Waals surface area (Å²) in [5.41, 5.74) is 2.58. The van der Waals surface area contributed by atoms with Crippen molar-refractivity contribution in [2.45, 2.75) is 32.6 Å². The molecular weight excluding hydrogens is 382 g/mol. The number of rotatable bonds is 3. The van der Waals surface area contributed by atoms with Gasteiger partial charge in [0, 0.05) is 28.0 Å². The van der Waals surface area contributed by atoms with Crippen molar-refractivity contribution in [2.75, 3.05) is 18.0 Å². The van der Waals surface area contributed by atoms with E-state index in [-0.39, 0.29) is 0 Å². The maximum absolute atomic E-state index is 4.69. The van der Waals surface area contributed by atoms with E-state index in [4.69, 9.17) is 4.98 Å². The minimum atomic E-state index is 1.02. The summed E-state index contributed by atoms with van der Waals surface area (Å²) in [4.78, 5) is 14.2. The Morgan fingerprint density at radius 2 is 1.83 bits per heavy atom. The monoisotopic (exact) mass is 401 g/mol. The number of fused-ring (bicyclic) bond motifs is 1. The first kappa shape index (κ1) is 16.0. The number of aryl methyl sites for hydroxylation is 1. The van der Waals surface area contributed by atoms with Gasteiger partial charge < -0.3 is 4.90 Å². The highest BCUT2D eigenvalue weighted by Crippen LogP contribution is 2.42. The van der Waals surface area contributed by atoms with Gasteiger partial charge in [0.25, 0.3) is 0 Å². The van der Waals surface area contributed by atoms with Crippen molar-refractivity contribution in [3.63, 3.8) is 0 Å². The van der Waals surface area contributed by atoms with E-state index < -0.39 is 0 Å². The van der Waals surface area contributed by atoms with Crippen molar-refractivity contribution in [3.05, 3.63) is 39.9 Å². The summed E-state index contributed by atoms with van der Waals surface area (Å²) in [5, 5.41) is 1.24. The third-order valence-electron chi connectivity index (χ3n) is 4.65. The van der Waals surface area contributed by atoms with Crippen molar-refractivity contribution in [1.82, 2.24) is 9.97 Å². The number of hydrogen-bond acceptors (Lipinski definition) is 4. The number of anilines is 1. The topological polar surface area (TPSA) is 29.0 Å². The van der Waals surface area contributed by atoms with E-state index in [9.17, 15) is 0 Å². The Hall–Kier alpha value is -1.46. The maximum atomic E-state index is 4.69. The average Bonchev–Trinajstić information content (AvgIpc) is 3.02. The average molecular weight is 402 g/mol. The third kappa shape index (κ3) is 2.84. The lowest BCUT2D eigenvalue weighted by atomic mass is 10.0. The molecular formula is C19H20BrN3S. The van der Waals surface area contributed by atoms with E-state index in [2.05, 4.69) is 57.0 Å². The summed E-state index contributed by atoms with van der Waals surface area (Å²) < 4.78 is 1.11. The first-order valence-electron chi connectivity index (χ1n) is 8.55. The Kier molecular flexibility index (Phi) is 4.55. The molecule has 0 bridgehead atoms. The number of benzene rings is 1. The molecule has 3 aromatic rings. The van der Waals surface area contributed by atoms with Gasteiger partial charge in [-0.2, -0.15) is 0 Å². The van der Waals surface area contributed by atoms with Gasteiger partial charge in [0.1, 0.15) is 17.0 Å². The van der Waals surface area contributed by atoms with Crippen LogP contribution in [0, 0.1) is 0 Å². The summed E-state index contributed by atoms with van der Waals surface area (Å²) in [7, 11) is 0. The normalized spacial score (nSPS) is 15.2. The molecule has 0 N–H and O–H groups in total. The second kappa shape index (κ2) is 6.81. The molecule has 4 rings (SSSR count). The van der Waals surface area contributed by atoms with Gasteiger partial charge >= 0.3 is 0 Å². The minimum Gasteiger partial charge on any atom is -0.356 e. The van der Waals surface area contributed by atoms with E-state index in [1.165, 1.54) is 40.7 Å². The summed E-state index contributed by atoms with van der Waals surface area (Å²) in [6.45, 7) is 4.42. The van der Waals surface area contributed by atoms with Crippen LogP contribution in [-0.4, -0.2) is 23.1 Å². The third-order valence-corrected chi connectivity index (χ3v) is 6.42. The predicted octanol–water partition coefficient (Wildman–Crippen LogP) is 5.67. The fraction of sp³-hybridized carbons (Fsp3) is 0.368. The molecule has 1 saturated heterocycles. The van der Waals surface area contributed by atoms with E-state index in [1.807, 2.05) is 11.3 Å². The number of aromatic nitrogens is 2. The van der Waals surface area contributed by atoms with Gasteiger partial charge in [-0.3, -0.25) is 0 Å². The zero-order valence-corrected chi connectivity index (χ0v) is 16.2. The fourth-order valence-corrected chi connectivity index (χ4v) is 4.84. The molecule has 3 nitrogen and oxygen atoms in total. The highest BCUT2D eigenvalue weighted by Gasteiger charge is 2.22. The molecule has 2 aromatic heterocycles. The Morgan fingerprint density at radius 3 is 2.54 bits per heavy atom. The van der Waals surface area contributed by atoms with Crippen LogP contribution in [-0.2, 0) is 6.42 Å². The molecule has 5 heteroatoms. The molecule has 124 valence electrons. The van der Waals surface area contributed by atoms with Gasteiger partial charge in [-0.25, -0.2) is 9.97 Å². The van der Waals surface area contributed by atoms with Gasteiger partial charge in [0.15, 0.2) is 0 Å². The molecule has 0 unspecified atom stereocenters. The van der Waals surface area contributed by atoms with Crippen LogP contribution < -0.4 is 4.90 Å². The molecule has 3 heterocycles. The quantitative estimate of drug-likeness (QED) is 0.565. The summed E-state index contributed by atoms with van der Waals surface area (Å²) in [6.07, 6.45) is 6.58. The van der Waals surface area contributed by atoms with Crippen LogP contribution in [0.5, 0.6) is 0 Å². The second-order valence-corrected chi connectivity index (χ2v) is 8.19. The molecule has 0 amide bonds. The number of hydrogen-bond donors (Lipinski definition) is 0. The fourth-order valence-electron chi connectivity index (χ4n) is 3.48. The van der Waals surface area contributed by atoms with E-state index in [1.54, 1.807) is 6.33 Å². The molecule has 1 aliphatic rings. The molecule has 0 atom stereocenters. The van der Waals surface area contributed by atoms with Crippen LogP contribution in [0.3, 0.4) is 0 Å². The molecule has 1 aliphatic heterocycles. The van der Waals surface area contributed by atoms with Crippen molar-refractivity contribution in [3.8, 4) is 11.1 Å². The second-order valence-electron chi connectivity index (χ2n) is 6.19. The Bertz CT molecular complexity index is 851. The number of halogens is 1. The summed E-state index contributed by atoms with van der Waals surface area (Å²) in [5.74, 6) is 1.12. The smallest absolute Gasteiger partial charge is 0.141 e. The summed E-state index contributed by atoms with van der Waals surface area (Å²) >= 11 is 5.35. The van der Waals surface area contributed by atoms with Gasteiger partial charge in [-0.15, -0.1) is 11.3 Å². The molecule has 0 saturated carbocycles. The van der Waals surface area contributed by atoms with Crippen LogP contribution >= 0.6 is 27.3 Å². The van der Waals surface area contributed by atoms with E-state index in [0.29, 0.717) is 0 Å². The molecule has 0 aliphatic carbocycles. The molecule has 0 spiro atoms. The zero-order valence-electron chi connectivity index (χ0n) is 13.8. The van der Waals surface area contributed by atoms with Gasteiger partial charge in [0.05, 0.1) is 5.39 Å². The van der Waals surface area contributed by atoms with Crippen LogP contribution in [0.4, 0.5) is 5.82 Å². The Labute approximate surface area is 154 Å². The Balaban J connectivity index is 1.94. The largest absolute Gasteiger partial charge is 0.356 e. The van der Waals surface area contributed by atoms with Crippen LogP contribution in [0.2, 0.25) is 0 Å². The SMILES string of the molecule is CCc1sc2ncnc(N3CCCCC3)c2c1-c1ccc(Br)cc1. The molecule has 1 aromatic carbocycles. The van der Waals surface area contributed by atoms with E-state index in [0.717, 1.165) is 34.6 Å². The number of piperidine rings is 1. The number of thiophene rings is 1. The highest BCUT2D eigenvalue weighted by atomic mass is 79.9. The predicted molar refractivity (Wildman–Crippen MR) is 106 cm³/mol. The minimum absolute atomic E-state index is 1.02. The molecule has 24 heavy (non-hydrogen) atoms. The van der Waals surface area contributed by atoms with Gasteiger partial charge in [-0.1, -0.05) is 35.0 Å². The van der Waals surface area contributed by atoms with Crippen LogP contribution in [0.25, 0.3) is 21.3 Å². The lowest BCUT2D eigenvalue weighted by Crippen LogP contribution is -2.30. The molecule has 0 radical (unpaired) electrons. The first-order valence-corrected chi connectivity index (χ1v) is 10.2. The maximum Gasteiger partial charge on any atom is 0.141 e. The van der Waals surface area contributed by atoms with Crippen molar-refractivity contribution < 1.29 is 0 Å². The van der Waals surface area contributed by atoms with E-state index >= 15 is 0 Å². The lowest BCUT2D eigenvalue weighted by Gasteiger charge is -2.28. The summed E-state index contributed by atoms with van der Waals surface area (Å²) in [6, 6.07) is 8.61. The highest BCUT2D eigenvalue weighted by molar-refractivity contribution is 9.10. The first-order chi connectivity index (χ1) is 11.8. The standard InChI is InChI=1S/C19H20BrN3S/c1-2-15-16(13-6-8-14(20)9-7-13)17-18(21-12-22-19(17)24-15)23-10-4-3-5-11-23/h6-9,12H,2-5,10-11H2,1H3. The zero-order chi connectivity index (χ0) is 16.5. The van der Waals surface area contributed by atoms with Crippen molar-refractivity contribution in [1.29, 1.82) is 0 Å². The van der Waals surface area contributed by atoms with Crippen molar-refractivity contribution in [2.24, 2.45) is 0 Å². The van der Waals surface area contributed by atoms with Crippen LogP contribution in [0.1, 0.15) is 31.1 Å². The van der Waals surface area contributed by atoms with Gasteiger partial charge in [-0.05, 0) is 43.4 Å². The Morgan fingerprint density at radius 1 is 1.08 bits per heavy atom.